The lowest BCUT2D eigenvalue weighted by molar-refractivity contribution is -0.157. The molecule has 0 aliphatic carbocycles. The minimum Gasteiger partial charge on any atom is -0.451 e. The molecule has 1 atom stereocenters. The Labute approximate surface area is 145 Å². The molecule has 1 amide bonds. The molecule has 0 bridgehead atoms. The van der Waals surface area contributed by atoms with Gasteiger partial charge in [0, 0.05) is 18.5 Å². The van der Waals surface area contributed by atoms with Crippen LogP contribution in [-0.2, 0) is 6.18 Å². The molecule has 3 heterocycles. The molecule has 4 rings (SSSR count). The molecule has 0 unspecified atom stereocenters. The first kappa shape index (κ1) is 16.6. The van der Waals surface area contributed by atoms with Gasteiger partial charge in [-0.2, -0.15) is 13.2 Å². The quantitative estimate of drug-likeness (QED) is 0.690. The molecule has 0 N–H and O–H groups in total. The van der Waals surface area contributed by atoms with E-state index in [0.29, 0.717) is 25.0 Å². The summed E-state index contributed by atoms with van der Waals surface area (Å²) in [6.07, 6.45) is -3.48. The second-order valence-corrected chi connectivity index (χ2v) is 6.18. The second kappa shape index (κ2) is 6.15. The highest BCUT2D eigenvalue weighted by Crippen LogP contribution is 2.32. The molecule has 3 aromatic rings. The van der Waals surface area contributed by atoms with Crippen molar-refractivity contribution in [3.63, 3.8) is 0 Å². The van der Waals surface area contributed by atoms with Crippen molar-refractivity contribution in [2.45, 2.75) is 24.9 Å². The van der Waals surface area contributed by atoms with Gasteiger partial charge in [-0.1, -0.05) is 18.2 Å². The van der Waals surface area contributed by atoms with E-state index < -0.39 is 18.0 Å². The normalized spacial score (nSPS) is 18.4. The van der Waals surface area contributed by atoms with Gasteiger partial charge in [-0.25, -0.2) is 0 Å². The fourth-order valence-corrected chi connectivity index (χ4v) is 3.12. The fourth-order valence-electron chi connectivity index (χ4n) is 3.12. The van der Waals surface area contributed by atoms with Crippen LogP contribution < -0.4 is 0 Å². The van der Waals surface area contributed by atoms with Crippen LogP contribution in [0, 0.1) is 0 Å². The Hall–Kier alpha value is -2.84. The van der Waals surface area contributed by atoms with Crippen LogP contribution in [0.25, 0.3) is 11.0 Å². The van der Waals surface area contributed by atoms with E-state index in [1.54, 1.807) is 17.0 Å². The first-order valence-electron chi connectivity index (χ1n) is 8.10. The highest BCUT2D eigenvalue weighted by atomic mass is 19.4. The number of benzene rings is 1. The number of aromatic nitrogens is 2. The van der Waals surface area contributed by atoms with Crippen molar-refractivity contribution in [2.24, 2.45) is 0 Å². The van der Waals surface area contributed by atoms with Gasteiger partial charge in [-0.3, -0.25) is 4.79 Å². The number of amides is 1. The zero-order valence-electron chi connectivity index (χ0n) is 13.5. The number of piperidine rings is 1. The molecule has 6 nitrogen and oxygen atoms in total. The number of nitrogens with zero attached hydrogens (tertiary/aromatic N) is 3. The zero-order valence-corrected chi connectivity index (χ0v) is 13.5. The van der Waals surface area contributed by atoms with Gasteiger partial charge in [0.1, 0.15) is 5.58 Å². The van der Waals surface area contributed by atoms with Crippen molar-refractivity contribution >= 4 is 16.9 Å². The topological polar surface area (TPSA) is 72.4 Å². The molecule has 1 fully saturated rings. The van der Waals surface area contributed by atoms with E-state index in [4.69, 9.17) is 8.83 Å². The minimum atomic E-state index is -4.68. The maximum atomic E-state index is 12.7. The predicted octanol–water partition coefficient (Wildman–Crippen LogP) is 3.85. The van der Waals surface area contributed by atoms with Crippen LogP contribution >= 0.6 is 0 Å². The molecule has 1 aliphatic rings. The van der Waals surface area contributed by atoms with Crippen molar-refractivity contribution in [1.29, 1.82) is 0 Å². The average Bonchev–Trinajstić information content (AvgIpc) is 3.28. The standard InChI is InChI=1S/C17H14F3N3O3/c18-17(19,20)16-22-21-14(26-16)11-5-3-7-23(9-11)15(24)13-8-10-4-1-2-6-12(10)25-13/h1-2,4,6,8,11H,3,5,7,9H2/t11-/m0/s1. The molecular formula is C17H14F3N3O3. The van der Waals surface area contributed by atoms with E-state index in [1.165, 1.54) is 0 Å². The van der Waals surface area contributed by atoms with Crippen LogP contribution in [0.5, 0.6) is 0 Å². The van der Waals surface area contributed by atoms with Crippen molar-refractivity contribution in [3.05, 3.63) is 47.9 Å². The minimum absolute atomic E-state index is 0.0977. The van der Waals surface area contributed by atoms with Crippen molar-refractivity contribution in [1.82, 2.24) is 15.1 Å². The number of carbonyl (C=O) groups is 1. The molecule has 0 saturated carbocycles. The summed E-state index contributed by atoms with van der Waals surface area (Å²) in [5.74, 6) is -2.00. The maximum Gasteiger partial charge on any atom is 0.470 e. The summed E-state index contributed by atoms with van der Waals surface area (Å²) in [6.45, 7) is 0.696. The Balaban J connectivity index is 1.52. The number of hydrogen-bond acceptors (Lipinski definition) is 5. The predicted molar refractivity (Wildman–Crippen MR) is 83.4 cm³/mol. The number of para-hydroxylation sites is 1. The number of rotatable bonds is 2. The fraction of sp³-hybridized carbons (Fsp3) is 0.353. The molecule has 26 heavy (non-hydrogen) atoms. The number of furan rings is 1. The number of fused-ring (bicyclic) bond motifs is 1. The van der Waals surface area contributed by atoms with Gasteiger partial charge in [0.05, 0.1) is 5.92 Å². The van der Waals surface area contributed by atoms with Crippen LogP contribution in [0.3, 0.4) is 0 Å². The zero-order chi connectivity index (χ0) is 18.3. The molecule has 2 aromatic heterocycles. The molecule has 136 valence electrons. The SMILES string of the molecule is O=C(c1cc2ccccc2o1)N1CCC[C@H](c2nnc(C(F)(F)F)o2)C1. The Morgan fingerprint density at radius 1 is 1.19 bits per heavy atom. The summed E-state index contributed by atoms with van der Waals surface area (Å²) in [4.78, 5) is 14.2. The second-order valence-electron chi connectivity index (χ2n) is 6.18. The summed E-state index contributed by atoms with van der Waals surface area (Å²) < 4.78 is 48.2. The Bertz CT molecular complexity index is 914. The number of hydrogen-bond donors (Lipinski definition) is 0. The Kier molecular flexibility index (Phi) is 3.93. The Morgan fingerprint density at radius 2 is 2.00 bits per heavy atom. The third kappa shape index (κ3) is 3.04. The number of halogens is 3. The van der Waals surface area contributed by atoms with Gasteiger partial charge in [0.25, 0.3) is 5.91 Å². The van der Waals surface area contributed by atoms with Crippen LogP contribution in [0.15, 0.2) is 39.2 Å². The van der Waals surface area contributed by atoms with E-state index >= 15 is 0 Å². The number of likely N-dealkylation sites (tertiary alicyclic amines) is 1. The summed E-state index contributed by atoms with van der Waals surface area (Å²) >= 11 is 0. The maximum absolute atomic E-state index is 12.7. The monoisotopic (exact) mass is 365 g/mol. The van der Waals surface area contributed by atoms with E-state index in [9.17, 15) is 18.0 Å². The van der Waals surface area contributed by atoms with Crippen molar-refractivity contribution < 1.29 is 26.8 Å². The highest BCUT2D eigenvalue weighted by molar-refractivity contribution is 5.96. The molecule has 1 aromatic carbocycles. The smallest absolute Gasteiger partial charge is 0.451 e. The van der Waals surface area contributed by atoms with Crippen LogP contribution in [0.2, 0.25) is 0 Å². The molecular weight excluding hydrogens is 351 g/mol. The van der Waals surface area contributed by atoms with Gasteiger partial charge in [-0.15, -0.1) is 10.2 Å². The summed E-state index contributed by atoms with van der Waals surface area (Å²) in [5.41, 5.74) is 0.608. The van der Waals surface area contributed by atoms with E-state index in [1.807, 2.05) is 18.2 Å². The van der Waals surface area contributed by atoms with Gasteiger partial charge in [0.2, 0.25) is 5.89 Å². The van der Waals surface area contributed by atoms with E-state index in [2.05, 4.69) is 10.2 Å². The number of carbonyl (C=O) groups excluding carboxylic acids is 1. The van der Waals surface area contributed by atoms with E-state index in [-0.39, 0.29) is 24.1 Å². The lowest BCUT2D eigenvalue weighted by Crippen LogP contribution is -2.39. The highest BCUT2D eigenvalue weighted by Gasteiger charge is 2.39. The van der Waals surface area contributed by atoms with Gasteiger partial charge in [0.15, 0.2) is 5.76 Å². The summed E-state index contributed by atoms with van der Waals surface area (Å²) in [5, 5.41) is 7.38. The van der Waals surface area contributed by atoms with Gasteiger partial charge >= 0.3 is 12.1 Å². The summed E-state index contributed by atoms with van der Waals surface area (Å²) in [7, 11) is 0. The van der Waals surface area contributed by atoms with Crippen molar-refractivity contribution in [3.8, 4) is 0 Å². The van der Waals surface area contributed by atoms with Crippen LogP contribution in [0.1, 0.15) is 41.1 Å². The van der Waals surface area contributed by atoms with Crippen LogP contribution in [-0.4, -0.2) is 34.1 Å². The lowest BCUT2D eigenvalue weighted by Gasteiger charge is -2.30. The molecule has 1 aliphatic heterocycles. The third-order valence-electron chi connectivity index (χ3n) is 4.38. The van der Waals surface area contributed by atoms with Gasteiger partial charge < -0.3 is 13.7 Å². The Morgan fingerprint density at radius 3 is 2.73 bits per heavy atom. The molecule has 0 radical (unpaired) electrons. The first-order valence-corrected chi connectivity index (χ1v) is 8.10. The van der Waals surface area contributed by atoms with Crippen LogP contribution in [0.4, 0.5) is 13.2 Å². The largest absolute Gasteiger partial charge is 0.470 e. The molecule has 1 saturated heterocycles. The lowest BCUT2D eigenvalue weighted by atomic mass is 9.98. The van der Waals surface area contributed by atoms with Gasteiger partial charge in [-0.05, 0) is 25.0 Å². The first-order chi connectivity index (χ1) is 12.4. The molecule has 9 heteroatoms. The number of alkyl halides is 3. The van der Waals surface area contributed by atoms with E-state index in [0.717, 1.165) is 5.39 Å². The molecule has 0 spiro atoms. The van der Waals surface area contributed by atoms with Crippen molar-refractivity contribution in [2.75, 3.05) is 13.1 Å². The average molecular weight is 365 g/mol. The summed E-state index contributed by atoms with van der Waals surface area (Å²) in [6, 6.07) is 8.92. The third-order valence-corrected chi connectivity index (χ3v) is 4.38.